The lowest BCUT2D eigenvalue weighted by molar-refractivity contribution is 0.102. The summed E-state index contributed by atoms with van der Waals surface area (Å²) in [5.41, 5.74) is 2.48. The zero-order valence-corrected chi connectivity index (χ0v) is 13.1. The summed E-state index contributed by atoms with van der Waals surface area (Å²) in [7, 11) is 0. The molecule has 3 aromatic heterocycles. The number of nitrogens with one attached hydrogen (secondary N) is 1. The molecule has 4 rings (SSSR count). The second-order valence-electron chi connectivity index (χ2n) is 5.44. The molecule has 1 saturated carbocycles. The van der Waals surface area contributed by atoms with E-state index in [-0.39, 0.29) is 5.91 Å². The van der Waals surface area contributed by atoms with Gasteiger partial charge in [0.05, 0.1) is 10.6 Å². The molecule has 0 atom stereocenters. The van der Waals surface area contributed by atoms with Crippen LogP contribution in [0.15, 0.2) is 48.9 Å². The SMILES string of the molecule is O=C(Nc1ncc(-c2ccccn2)s1)c1ccnc(C2CC2)c1. The van der Waals surface area contributed by atoms with Gasteiger partial charge in [-0.1, -0.05) is 17.4 Å². The number of anilines is 1. The van der Waals surface area contributed by atoms with E-state index >= 15 is 0 Å². The second-order valence-corrected chi connectivity index (χ2v) is 6.47. The van der Waals surface area contributed by atoms with E-state index in [1.54, 1.807) is 24.7 Å². The maximum atomic E-state index is 12.4. The van der Waals surface area contributed by atoms with Gasteiger partial charge in [0.1, 0.15) is 0 Å². The van der Waals surface area contributed by atoms with Gasteiger partial charge in [-0.25, -0.2) is 4.98 Å². The van der Waals surface area contributed by atoms with E-state index < -0.39 is 0 Å². The van der Waals surface area contributed by atoms with Gasteiger partial charge in [-0.15, -0.1) is 0 Å². The third-order valence-corrected chi connectivity index (χ3v) is 4.62. The van der Waals surface area contributed by atoms with Crippen molar-refractivity contribution in [3.8, 4) is 10.6 Å². The van der Waals surface area contributed by atoms with Crippen LogP contribution in [0, 0.1) is 0 Å². The molecule has 1 N–H and O–H groups in total. The summed E-state index contributed by atoms with van der Waals surface area (Å²) in [5, 5.41) is 3.42. The fourth-order valence-electron chi connectivity index (χ4n) is 2.32. The number of nitrogens with zero attached hydrogens (tertiary/aromatic N) is 3. The number of amides is 1. The number of hydrogen-bond acceptors (Lipinski definition) is 5. The molecule has 3 aromatic rings. The Kier molecular flexibility index (Phi) is 3.59. The van der Waals surface area contributed by atoms with Gasteiger partial charge < -0.3 is 0 Å². The molecule has 5 nitrogen and oxygen atoms in total. The smallest absolute Gasteiger partial charge is 0.257 e. The number of carbonyl (C=O) groups excluding carboxylic acids is 1. The first-order valence-corrected chi connectivity index (χ1v) is 8.26. The largest absolute Gasteiger partial charge is 0.298 e. The van der Waals surface area contributed by atoms with Crippen LogP contribution >= 0.6 is 11.3 Å². The molecule has 6 heteroatoms. The Bertz CT molecular complexity index is 843. The average Bonchev–Trinajstić information content (AvgIpc) is 3.35. The van der Waals surface area contributed by atoms with Crippen molar-refractivity contribution >= 4 is 22.4 Å². The summed E-state index contributed by atoms with van der Waals surface area (Å²) in [6.07, 6.45) is 7.49. The molecule has 23 heavy (non-hydrogen) atoms. The fraction of sp³-hybridized carbons (Fsp3) is 0.176. The van der Waals surface area contributed by atoms with Crippen LogP contribution in [0.5, 0.6) is 0 Å². The van der Waals surface area contributed by atoms with Crippen molar-refractivity contribution in [3.63, 3.8) is 0 Å². The highest BCUT2D eigenvalue weighted by atomic mass is 32.1. The maximum absolute atomic E-state index is 12.4. The molecule has 1 aliphatic carbocycles. The van der Waals surface area contributed by atoms with Crippen LogP contribution in [0.4, 0.5) is 5.13 Å². The van der Waals surface area contributed by atoms with Gasteiger partial charge in [0, 0.05) is 35.8 Å². The molecule has 0 bridgehead atoms. The highest BCUT2D eigenvalue weighted by Crippen LogP contribution is 2.39. The number of hydrogen-bond donors (Lipinski definition) is 1. The van der Waals surface area contributed by atoms with E-state index in [0.717, 1.165) is 29.1 Å². The molecule has 1 amide bonds. The van der Waals surface area contributed by atoms with Gasteiger partial charge in [-0.05, 0) is 37.1 Å². The normalized spacial score (nSPS) is 13.7. The number of carbonyl (C=O) groups is 1. The van der Waals surface area contributed by atoms with Crippen LogP contribution < -0.4 is 5.32 Å². The molecule has 0 unspecified atom stereocenters. The van der Waals surface area contributed by atoms with E-state index in [4.69, 9.17) is 0 Å². The van der Waals surface area contributed by atoms with Gasteiger partial charge in [0.2, 0.25) is 0 Å². The van der Waals surface area contributed by atoms with Crippen molar-refractivity contribution in [2.75, 3.05) is 5.32 Å². The monoisotopic (exact) mass is 322 g/mol. The molecule has 1 fully saturated rings. The van der Waals surface area contributed by atoms with E-state index in [9.17, 15) is 4.79 Å². The minimum Gasteiger partial charge on any atom is -0.298 e. The van der Waals surface area contributed by atoms with Crippen LogP contribution in [-0.2, 0) is 0 Å². The molecule has 0 saturated heterocycles. The lowest BCUT2D eigenvalue weighted by Gasteiger charge is -2.03. The van der Waals surface area contributed by atoms with Gasteiger partial charge in [-0.3, -0.25) is 20.1 Å². The lowest BCUT2D eigenvalue weighted by atomic mass is 10.2. The Morgan fingerprint density at radius 3 is 2.83 bits per heavy atom. The van der Waals surface area contributed by atoms with E-state index in [0.29, 0.717) is 16.6 Å². The highest BCUT2D eigenvalue weighted by molar-refractivity contribution is 7.19. The van der Waals surface area contributed by atoms with Crippen molar-refractivity contribution in [1.29, 1.82) is 0 Å². The lowest BCUT2D eigenvalue weighted by Crippen LogP contribution is -2.12. The summed E-state index contributed by atoms with van der Waals surface area (Å²) >= 11 is 1.41. The van der Waals surface area contributed by atoms with Crippen molar-refractivity contribution in [1.82, 2.24) is 15.0 Å². The van der Waals surface area contributed by atoms with Crippen molar-refractivity contribution in [2.45, 2.75) is 18.8 Å². The van der Waals surface area contributed by atoms with Crippen LogP contribution in [0.3, 0.4) is 0 Å². The number of thiazole rings is 1. The molecule has 1 aliphatic rings. The number of pyridine rings is 2. The Hall–Kier alpha value is -2.60. The highest BCUT2D eigenvalue weighted by Gasteiger charge is 2.25. The number of aromatic nitrogens is 3. The van der Waals surface area contributed by atoms with Gasteiger partial charge in [0.15, 0.2) is 5.13 Å². The Morgan fingerprint density at radius 1 is 1.13 bits per heavy atom. The first kappa shape index (κ1) is 14.0. The minimum absolute atomic E-state index is 0.156. The molecule has 0 spiro atoms. The summed E-state index contributed by atoms with van der Waals surface area (Å²) in [4.78, 5) is 26.2. The molecule has 114 valence electrons. The topological polar surface area (TPSA) is 67.8 Å². The van der Waals surface area contributed by atoms with Gasteiger partial charge in [-0.2, -0.15) is 0 Å². The van der Waals surface area contributed by atoms with Crippen molar-refractivity contribution in [2.24, 2.45) is 0 Å². The summed E-state index contributed by atoms with van der Waals surface area (Å²) in [6, 6.07) is 9.32. The van der Waals surface area contributed by atoms with Gasteiger partial charge >= 0.3 is 0 Å². The molecule has 0 radical (unpaired) electrons. The first-order valence-electron chi connectivity index (χ1n) is 7.44. The minimum atomic E-state index is -0.156. The van der Waals surface area contributed by atoms with E-state index in [1.165, 1.54) is 11.3 Å². The molecule has 3 heterocycles. The summed E-state index contributed by atoms with van der Waals surface area (Å²) < 4.78 is 0. The molecular weight excluding hydrogens is 308 g/mol. The second kappa shape index (κ2) is 5.89. The van der Waals surface area contributed by atoms with Crippen LogP contribution in [-0.4, -0.2) is 20.9 Å². The average molecular weight is 322 g/mol. The predicted molar refractivity (Wildman–Crippen MR) is 89.5 cm³/mol. The Morgan fingerprint density at radius 2 is 2.04 bits per heavy atom. The summed E-state index contributed by atoms with van der Waals surface area (Å²) in [5.74, 6) is 0.370. The Labute approximate surface area is 137 Å². The number of rotatable bonds is 4. The third kappa shape index (κ3) is 3.12. The molecule has 0 aliphatic heterocycles. The fourth-order valence-corrected chi connectivity index (χ4v) is 3.11. The molecular formula is C17H14N4OS. The van der Waals surface area contributed by atoms with E-state index in [2.05, 4.69) is 20.3 Å². The zero-order valence-electron chi connectivity index (χ0n) is 12.3. The van der Waals surface area contributed by atoms with Crippen LogP contribution in [0.25, 0.3) is 10.6 Å². The Balaban J connectivity index is 1.51. The van der Waals surface area contributed by atoms with E-state index in [1.807, 2.05) is 24.3 Å². The summed E-state index contributed by atoms with van der Waals surface area (Å²) in [6.45, 7) is 0. The predicted octanol–water partition coefficient (Wildman–Crippen LogP) is 3.73. The quantitative estimate of drug-likeness (QED) is 0.794. The maximum Gasteiger partial charge on any atom is 0.257 e. The molecule has 0 aromatic carbocycles. The third-order valence-electron chi connectivity index (χ3n) is 3.68. The zero-order chi connectivity index (χ0) is 15.6. The van der Waals surface area contributed by atoms with Crippen LogP contribution in [0.1, 0.15) is 34.8 Å². The van der Waals surface area contributed by atoms with Crippen LogP contribution in [0.2, 0.25) is 0 Å². The van der Waals surface area contributed by atoms with Crippen molar-refractivity contribution < 1.29 is 4.79 Å². The van der Waals surface area contributed by atoms with Crippen molar-refractivity contribution in [3.05, 3.63) is 60.2 Å². The van der Waals surface area contributed by atoms with Gasteiger partial charge in [0.25, 0.3) is 5.91 Å². The first-order chi connectivity index (χ1) is 11.3. The standard InChI is InChI=1S/C17H14N4OS/c22-16(12-6-8-19-14(9-12)11-4-5-11)21-17-20-10-15(23-17)13-3-1-2-7-18-13/h1-3,6-11H,4-5H2,(H,20,21,22).